The molecular weight excluding hydrogens is 208 g/mol. The number of benzene rings is 1. The van der Waals surface area contributed by atoms with E-state index in [4.69, 9.17) is 5.73 Å². The normalized spacial score (nSPS) is 17.1. The molecule has 0 aliphatic heterocycles. The number of nitrogen functional groups attached to an aromatic ring is 1. The lowest BCUT2D eigenvalue weighted by molar-refractivity contribution is 0.418. The van der Waals surface area contributed by atoms with Gasteiger partial charge in [-0.05, 0) is 50.5 Å². The van der Waals surface area contributed by atoms with Crippen molar-refractivity contribution in [3.8, 4) is 0 Å². The summed E-state index contributed by atoms with van der Waals surface area (Å²) in [6.45, 7) is 5.51. The highest BCUT2D eigenvalue weighted by molar-refractivity contribution is 5.59. The van der Waals surface area contributed by atoms with E-state index in [-0.39, 0.29) is 0 Å². The molecule has 17 heavy (non-hydrogen) atoms. The number of hydrogen-bond acceptors (Lipinski definition) is 2. The van der Waals surface area contributed by atoms with Crippen LogP contribution in [-0.4, -0.2) is 12.6 Å². The average molecular weight is 232 g/mol. The lowest BCUT2D eigenvalue weighted by Gasteiger charge is -2.36. The van der Waals surface area contributed by atoms with Crippen LogP contribution in [0, 0.1) is 6.92 Å². The minimum atomic E-state index is 0.732. The number of aryl methyl sites for hydroxylation is 1. The van der Waals surface area contributed by atoms with E-state index in [0.29, 0.717) is 0 Å². The van der Waals surface area contributed by atoms with Crippen LogP contribution in [0.5, 0.6) is 0 Å². The van der Waals surface area contributed by atoms with Crippen LogP contribution in [0.1, 0.15) is 44.6 Å². The van der Waals surface area contributed by atoms with Crippen LogP contribution in [0.4, 0.5) is 11.4 Å². The summed E-state index contributed by atoms with van der Waals surface area (Å²) in [5.74, 6) is 0. The van der Waals surface area contributed by atoms with Crippen molar-refractivity contribution in [2.24, 2.45) is 0 Å². The summed E-state index contributed by atoms with van der Waals surface area (Å²) >= 11 is 0. The topological polar surface area (TPSA) is 29.3 Å². The third kappa shape index (κ3) is 2.74. The molecule has 0 bridgehead atoms. The second-order valence-corrected chi connectivity index (χ2v) is 5.12. The molecule has 0 radical (unpaired) electrons. The van der Waals surface area contributed by atoms with Gasteiger partial charge in [-0.1, -0.05) is 19.3 Å². The molecule has 1 saturated carbocycles. The summed E-state index contributed by atoms with van der Waals surface area (Å²) in [5, 5.41) is 0. The summed E-state index contributed by atoms with van der Waals surface area (Å²) in [5.41, 5.74) is 9.37. The van der Waals surface area contributed by atoms with Gasteiger partial charge in [-0.2, -0.15) is 0 Å². The summed E-state index contributed by atoms with van der Waals surface area (Å²) in [7, 11) is 0. The van der Waals surface area contributed by atoms with Gasteiger partial charge in [0.1, 0.15) is 0 Å². The molecule has 1 aliphatic rings. The van der Waals surface area contributed by atoms with Crippen molar-refractivity contribution >= 4 is 11.4 Å². The Morgan fingerprint density at radius 1 is 1.24 bits per heavy atom. The largest absolute Gasteiger partial charge is 0.399 e. The van der Waals surface area contributed by atoms with Crippen LogP contribution >= 0.6 is 0 Å². The van der Waals surface area contributed by atoms with Crippen molar-refractivity contribution < 1.29 is 0 Å². The van der Waals surface area contributed by atoms with Gasteiger partial charge >= 0.3 is 0 Å². The molecule has 0 unspecified atom stereocenters. The predicted molar refractivity (Wildman–Crippen MR) is 75.5 cm³/mol. The number of anilines is 2. The molecule has 2 nitrogen and oxygen atoms in total. The molecule has 2 heteroatoms. The molecule has 2 rings (SSSR count). The predicted octanol–water partition coefficient (Wildman–Crippen LogP) is 3.74. The molecule has 1 fully saturated rings. The molecule has 0 atom stereocenters. The Morgan fingerprint density at radius 3 is 2.53 bits per heavy atom. The number of hydrogen-bond donors (Lipinski definition) is 1. The number of nitrogens with two attached hydrogens (primary N) is 1. The highest BCUT2D eigenvalue weighted by atomic mass is 15.2. The van der Waals surface area contributed by atoms with Crippen molar-refractivity contribution in [1.29, 1.82) is 0 Å². The van der Waals surface area contributed by atoms with E-state index in [2.05, 4.69) is 30.9 Å². The van der Waals surface area contributed by atoms with E-state index >= 15 is 0 Å². The zero-order valence-corrected chi connectivity index (χ0v) is 11.1. The number of nitrogens with zero attached hydrogens (tertiary/aromatic N) is 1. The van der Waals surface area contributed by atoms with Crippen LogP contribution in [0.3, 0.4) is 0 Å². The van der Waals surface area contributed by atoms with Crippen LogP contribution in [0.25, 0.3) is 0 Å². The third-order valence-corrected chi connectivity index (χ3v) is 3.89. The van der Waals surface area contributed by atoms with Gasteiger partial charge in [0.05, 0.1) is 0 Å². The Morgan fingerprint density at radius 2 is 1.94 bits per heavy atom. The van der Waals surface area contributed by atoms with E-state index in [1.54, 1.807) is 0 Å². The van der Waals surface area contributed by atoms with Crippen LogP contribution in [-0.2, 0) is 0 Å². The molecule has 1 aromatic rings. The lowest BCUT2D eigenvalue weighted by Crippen LogP contribution is -2.37. The molecule has 1 aliphatic carbocycles. The fourth-order valence-electron chi connectivity index (χ4n) is 3.02. The van der Waals surface area contributed by atoms with Crippen LogP contribution < -0.4 is 10.6 Å². The number of rotatable bonds is 3. The smallest absolute Gasteiger partial charge is 0.0399 e. The van der Waals surface area contributed by atoms with Crippen molar-refractivity contribution in [2.75, 3.05) is 17.2 Å². The fraction of sp³-hybridized carbons (Fsp3) is 0.600. The Bertz CT molecular complexity index is 367. The Hall–Kier alpha value is -1.18. The van der Waals surface area contributed by atoms with Gasteiger partial charge in [-0.3, -0.25) is 0 Å². The molecule has 1 aromatic carbocycles. The highest BCUT2D eigenvalue weighted by Crippen LogP contribution is 2.30. The Balaban J connectivity index is 2.21. The summed E-state index contributed by atoms with van der Waals surface area (Å²) in [4.78, 5) is 2.56. The first-order valence-electron chi connectivity index (χ1n) is 6.85. The van der Waals surface area contributed by atoms with Gasteiger partial charge in [-0.25, -0.2) is 0 Å². The molecule has 0 aromatic heterocycles. The Kier molecular flexibility index (Phi) is 3.93. The minimum Gasteiger partial charge on any atom is -0.399 e. The van der Waals surface area contributed by atoms with Crippen molar-refractivity contribution in [1.82, 2.24) is 0 Å². The molecule has 0 heterocycles. The molecule has 0 amide bonds. The van der Waals surface area contributed by atoms with E-state index in [0.717, 1.165) is 18.3 Å². The second-order valence-electron chi connectivity index (χ2n) is 5.12. The molecule has 2 N–H and O–H groups in total. The van der Waals surface area contributed by atoms with E-state index < -0.39 is 0 Å². The van der Waals surface area contributed by atoms with Crippen molar-refractivity contribution in [2.45, 2.75) is 52.0 Å². The van der Waals surface area contributed by atoms with Gasteiger partial charge in [0.25, 0.3) is 0 Å². The average Bonchev–Trinajstić information content (AvgIpc) is 2.34. The zero-order chi connectivity index (χ0) is 12.3. The van der Waals surface area contributed by atoms with Crippen LogP contribution in [0.15, 0.2) is 18.2 Å². The van der Waals surface area contributed by atoms with Gasteiger partial charge in [-0.15, -0.1) is 0 Å². The van der Waals surface area contributed by atoms with Gasteiger partial charge in [0.15, 0.2) is 0 Å². The second kappa shape index (κ2) is 5.44. The Labute approximate surface area is 105 Å². The molecule has 0 spiro atoms. The van der Waals surface area contributed by atoms with Crippen molar-refractivity contribution in [3.63, 3.8) is 0 Å². The summed E-state index contributed by atoms with van der Waals surface area (Å²) < 4.78 is 0. The first-order chi connectivity index (χ1) is 8.22. The van der Waals surface area contributed by atoms with E-state index in [1.807, 2.05) is 6.07 Å². The van der Waals surface area contributed by atoms with E-state index in [1.165, 1.54) is 43.4 Å². The minimum absolute atomic E-state index is 0.732. The maximum absolute atomic E-state index is 5.83. The SMILES string of the molecule is CCN(c1ccc(N)cc1C)C1CCCCC1. The first-order valence-corrected chi connectivity index (χ1v) is 6.85. The van der Waals surface area contributed by atoms with Crippen molar-refractivity contribution in [3.05, 3.63) is 23.8 Å². The maximum atomic E-state index is 5.83. The molecule has 94 valence electrons. The van der Waals surface area contributed by atoms with Crippen LogP contribution in [0.2, 0.25) is 0 Å². The van der Waals surface area contributed by atoms with Gasteiger partial charge in [0.2, 0.25) is 0 Å². The van der Waals surface area contributed by atoms with Gasteiger partial charge in [0, 0.05) is 24.0 Å². The molecular formula is C15H24N2. The zero-order valence-electron chi connectivity index (χ0n) is 11.1. The molecule has 0 saturated heterocycles. The lowest BCUT2D eigenvalue weighted by atomic mass is 9.93. The van der Waals surface area contributed by atoms with E-state index in [9.17, 15) is 0 Å². The van der Waals surface area contributed by atoms with Gasteiger partial charge < -0.3 is 10.6 Å². The quantitative estimate of drug-likeness (QED) is 0.804. The monoisotopic (exact) mass is 232 g/mol. The third-order valence-electron chi connectivity index (χ3n) is 3.89. The first kappa shape index (κ1) is 12.3. The summed E-state index contributed by atoms with van der Waals surface area (Å²) in [6, 6.07) is 7.02. The summed E-state index contributed by atoms with van der Waals surface area (Å²) in [6.07, 6.45) is 6.87. The fourth-order valence-corrected chi connectivity index (χ4v) is 3.02. The standard InChI is InChI=1S/C15H24N2/c1-3-17(14-7-5-4-6-8-14)15-10-9-13(16)11-12(15)2/h9-11,14H,3-8,16H2,1-2H3. The highest BCUT2D eigenvalue weighted by Gasteiger charge is 2.21. The maximum Gasteiger partial charge on any atom is 0.0399 e.